The minimum absolute atomic E-state index is 0. The van der Waals surface area contributed by atoms with E-state index in [0.29, 0.717) is 42.8 Å². The summed E-state index contributed by atoms with van der Waals surface area (Å²) in [6, 6.07) is 4.41. The Balaban J connectivity index is 0.00000242. The summed E-state index contributed by atoms with van der Waals surface area (Å²) in [7, 11) is 0. The lowest BCUT2D eigenvalue weighted by molar-refractivity contribution is -0.0504. The number of benzene rings is 1. The molecule has 1 aliphatic rings. The molecular formula is C13H17ClF2IN3O2. The molecular weight excluding hydrogens is 431 g/mol. The van der Waals surface area contributed by atoms with Crippen LogP contribution in [0.2, 0.25) is 5.02 Å². The van der Waals surface area contributed by atoms with E-state index in [-0.39, 0.29) is 36.3 Å². The zero-order valence-corrected chi connectivity index (χ0v) is 14.8. The largest absolute Gasteiger partial charge is 0.434 e. The van der Waals surface area contributed by atoms with Crippen LogP contribution >= 0.6 is 35.6 Å². The Morgan fingerprint density at radius 2 is 2.09 bits per heavy atom. The van der Waals surface area contributed by atoms with Gasteiger partial charge in [-0.05, 0) is 18.2 Å². The van der Waals surface area contributed by atoms with Crippen molar-refractivity contribution in [1.82, 2.24) is 4.90 Å². The highest BCUT2D eigenvalue weighted by molar-refractivity contribution is 14.0. The van der Waals surface area contributed by atoms with Crippen molar-refractivity contribution in [3.8, 4) is 5.75 Å². The second-order valence-electron chi connectivity index (χ2n) is 4.40. The van der Waals surface area contributed by atoms with Gasteiger partial charge < -0.3 is 20.1 Å². The van der Waals surface area contributed by atoms with E-state index in [0.717, 1.165) is 0 Å². The summed E-state index contributed by atoms with van der Waals surface area (Å²) in [6.07, 6.45) is 0. The van der Waals surface area contributed by atoms with Gasteiger partial charge in [-0.15, -0.1) is 24.0 Å². The van der Waals surface area contributed by atoms with E-state index in [4.69, 9.17) is 22.1 Å². The molecule has 1 heterocycles. The fraction of sp³-hybridized carbons (Fsp3) is 0.462. The summed E-state index contributed by atoms with van der Waals surface area (Å²) in [6.45, 7) is -0.284. The van der Waals surface area contributed by atoms with Gasteiger partial charge in [0.1, 0.15) is 5.75 Å². The predicted molar refractivity (Wildman–Crippen MR) is 91.2 cm³/mol. The summed E-state index contributed by atoms with van der Waals surface area (Å²) in [4.78, 5) is 6.09. The summed E-state index contributed by atoms with van der Waals surface area (Å²) in [5.74, 6) is 0.397. The van der Waals surface area contributed by atoms with Gasteiger partial charge in [0, 0.05) is 23.7 Å². The second kappa shape index (κ2) is 9.31. The molecule has 0 aliphatic carbocycles. The highest BCUT2D eigenvalue weighted by Gasteiger charge is 2.13. The summed E-state index contributed by atoms with van der Waals surface area (Å²) in [5, 5.41) is 0.423. The number of nitrogens with two attached hydrogens (primary N) is 1. The Bertz CT molecular complexity index is 514. The quantitative estimate of drug-likeness (QED) is 0.438. The molecule has 124 valence electrons. The van der Waals surface area contributed by atoms with Gasteiger partial charge in [0.15, 0.2) is 5.96 Å². The van der Waals surface area contributed by atoms with E-state index in [2.05, 4.69) is 9.73 Å². The summed E-state index contributed by atoms with van der Waals surface area (Å²) >= 11 is 5.87. The smallest absolute Gasteiger partial charge is 0.387 e. The number of ether oxygens (including phenoxy) is 2. The molecule has 0 unspecified atom stereocenters. The molecule has 1 fully saturated rings. The fourth-order valence-corrected chi connectivity index (χ4v) is 2.14. The van der Waals surface area contributed by atoms with Crippen molar-refractivity contribution in [1.29, 1.82) is 0 Å². The molecule has 1 saturated heterocycles. The van der Waals surface area contributed by atoms with Gasteiger partial charge in [0.25, 0.3) is 0 Å². The van der Waals surface area contributed by atoms with Crippen molar-refractivity contribution in [2.45, 2.75) is 13.2 Å². The Hall–Kier alpha value is -0.870. The predicted octanol–water partition coefficient (Wildman–Crippen LogP) is 2.71. The van der Waals surface area contributed by atoms with Crippen molar-refractivity contribution < 1.29 is 18.3 Å². The van der Waals surface area contributed by atoms with Gasteiger partial charge in [-0.2, -0.15) is 8.78 Å². The Morgan fingerprint density at radius 3 is 2.73 bits per heavy atom. The number of guanidine groups is 1. The van der Waals surface area contributed by atoms with Gasteiger partial charge in [-0.25, -0.2) is 4.99 Å². The van der Waals surface area contributed by atoms with E-state index in [9.17, 15) is 8.78 Å². The van der Waals surface area contributed by atoms with Crippen LogP contribution in [0.3, 0.4) is 0 Å². The number of alkyl halides is 2. The molecule has 5 nitrogen and oxygen atoms in total. The molecule has 22 heavy (non-hydrogen) atoms. The van der Waals surface area contributed by atoms with Crippen LogP contribution in [0.1, 0.15) is 5.56 Å². The first-order valence-electron chi connectivity index (χ1n) is 6.42. The Morgan fingerprint density at radius 1 is 1.41 bits per heavy atom. The van der Waals surface area contributed by atoms with Crippen LogP contribution in [0.5, 0.6) is 5.75 Å². The number of nitrogens with zero attached hydrogens (tertiary/aromatic N) is 2. The molecule has 0 saturated carbocycles. The first-order chi connectivity index (χ1) is 10.1. The second-order valence-corrected chi connectivity index (χ2v) is 4.84. The molecule has 2 rings (SSSR count). The minimum atomic E-state index is -2.90. The van der Waals surface area contributed by atoms with E-state index in [1.165, 1.54) is 18.2 Å². The maximum atomic E-state index is 12.4. The van der Waals surface area contributed by atoms with Crippen LogP contribution in [-0.4, -0.2) is 43.8 Å². The number of morpholine rings is 1. The first-order valence-corrected chi connectivity index (χ1v) is 6.80. The zero-order chi connectivity index (χ0) is 15.2. The molecule has 0 bridgehead atoms. The summed E-state index contributed by atoms with van der Waals surface area (Å²) < 4.78 is 34.4. The molecule has 1 aromatic carbocycles. The first kappa shape index (κ1) is 19.2. The maximum absolute atomic E-state index is 12.4. The molecule has 0 atom stereocenters. The van der Waals surface area contributed by atoms with Gasteiger partial charge in [0.2, 0.25) is 0 Å². The van der Waals surface area contributed by atoms with Crippen LogP contribution in [0.15, 0.2) is 23.2 Å². The lowest BCUT2D eigenvalue weighted by atomic mass is 10.2. The molecule has 0 aromatic heterocycles. The number of hydrogen-bond acceptors (Lipinski definition) is 3. The van der Waals surface area contributed by atoms with Crippen LogP contribution in [-0.2, 0) is 11.3 Å². The normalized spacial score (nSPS) is 15.6. The number of rotatable bonds is 4. The van der Waals surface area contributed by atoms with Gasteiger partial charge in [0.05, 0.1) is 19.8 Å². The number of aliphatic imine (C=N–C) groups is 1. The van der Waals surface area contributed by atoms with Crippen molar-refractivity contribution in [3.05, 3.63) is 28.8 Å². The topological polar surface area (TPSA) is 60.1 Å². The number of halogens is 4. The van der Waals surface area contributed by atoms with Crippen LogP contribution in [0.4, 0.5) is 8.78 Å². The highest BCUT2D eigenvalue weighted by Crippen LogP contribution is 2.25. The van der Waals surface area contributed by atoms with Crippen molar-refractivity contribution >= 4 is 41.5 Å². The minimum Gasteiger partial charge on any atom is -0.434 e. The standard InChI is InChI=1S/C13H16ClF2N3O2.HI/c14-10-1-2-11(21-12(15)16)9(7-10)8-18-13(17)19-3-5-20-6-4-19;/h1-2,7,12H,3-6,8H2,(H2,17,18);1H. The van der Waals surface area contributed by atoms with Gasteiger partial charge in [-0.1, -0.05) is 11.6 Å². The molecule has 9 heteroatoms. The van der Waals surface area contributed by atoms with E-state index >= 15 is 0 Å². The fourth-order valence-electron chi connectivity index (χ4n) is 1.94. The monoisotopic (exact) mass is 447 g/mol. The Labute approximate surface area is 149 Å². The van der Waals surface area contributed by atoms with E-state index in [1.807, 2.05) is 4.90 Å². The third kappa shape index (κ3) is 5.73. The number of hydrogen-bond donors (Lipinski definition) is 1. The van der Waals surface area contributed by atoms with E-state index in [1.54, 1.807) is 0 Å². The highest BCUT2D eigenvalue weighted by atomic mass is 127. The SMILES string of the molecule is I.NC(=NCc1cc(Cl)ccc1OC(F)F)N1CCOCC1. The average Bonchev–Trinajstić information content (AvgIpc) is 2.47. The maximum Gasteiger partial charge on any atom is 0.387 e. The van der Waals surface area contributed by atoms with Gasteiger partial charge >= 0.3 is 6.61 Å². The molecule has 0 radical (unpaired) electrons. The van der Waals surface area contributed by atoms with Crippen molar-refractivity contribution in [3.63, 3.8) is 0 Å². The molecule has 2 N–H and O–H groups in total. The van der Waals surface area contributed by atoms with E-state index < -0.39 is 6.61 Å². The van der Waals surface area contributed by atoms with Crippen LogP contribution in [0.25, 0.3) is 0 Å². The van der Waals surface area contributed by atoms with Crippen molar-refractivity contribution in [2.24, 2.45) is 10.7 Å². The van der Waals surface area contributed by atoms with Crippen LogP contribution in [0, 0.1) is 0 Å². The average molecular weight is 448 g/mol. The lowest BCUT2D eigenvalue weighted by Crippen LogP contribution is -2.44. The molecule has 1 aromatic rings. The third-order valence-electron chi connectivity index (χ3n) is 2.99. The molecule has 0 spiro atoms. The lowest BCUT2D eigenvalue weighted by Gasteiger charge is -2.27. The molecule has 1 aliphatic heterocycles. The molecule has 0 amide bonds. The third-order valence-corrected chi connectivity index (χ3v) is 3.22. The van der Waals surface area contributed by atoms with Gasteiger partial charge in [-0.3, -0.25) is 0 Å². The van der Waals surface area contributed by atoms with Crippen molar-refractivity contribution in [2.75, 3.05) is 26.3 Å². The van der Waals surface area contributed by atoms with Crippen LogP contribution < -0.4 is 10.5 Å². The zero-order valence-electron chi connectivity index (χ0n) is 11.7. The summed E-state index contributed by atoms with van der Waals surface area (Å²) in [5.41, 5.74) is 6.34. The Kier molecular flexibility index (Phi) is 8.12.